The fourth-order valence-electron chi connectivity index (χ4n) is 2.25. The van der Waals surface area contributed by atoms with E-state index in [0.29, 0.717) is 6.04 Å². The molecule has 0 spiro atoms. The van der Waals surface area contributed by atoms with E-state index in [0.717, 1.165) is 18.3 Å². The summed E-state index contributed by atoms with van der Waals surface area (Å²) in [5, 5.41) is 10.3. The van der Waals surface area contributed by atoms with Crippen LogP contribution in [0.2, 0.25) is 0 Å². The lowest BCUT2D eigenvalue weighted by Gasteiger charge is -2.15. The van der Waals surface area contributed by atoms with Crippen molar-refractivity contribution in [1.82, 2.24) is 20.5 Å². The zero-order chi connectivity index (χ0) is 10.5. The number of hydrogen-bond acceptors (Lipinski definition) is 3. The third-order valence-electron chi connectivity index (χ3n) is 3.28. The van der Waals surface area contributed by atoms with E-state index in [1.807, 2.05) is 0 Å². The third-order valence-corrected chi connectivity index (χ3v) is 3.28. The Balaban J connectivity index is 1.74. The quantitative estimate of drug-likeness (QED) is 0.745. The fraction of sp³-hybridized carbons (Fsp3) is 0.818. The Kier molecular flexibility index (Phi) is 3.72. The zero-order valence-corrected chi connectivity index (χ0v) is 9.37. The van der Waals surface area contributed by atoms with E-state index in [1.165, 1.54) is 32.1 Å². The number of nitrogens with one attached hydrogen (secondary N) is 2. The molecule has 0 amide bonds. The summed E-state index contributed by atoms with van der Waals surface area (Å²) in [7, 11) is 0. The van der Waals surface area contributed by atoms with Crippen LogP contribution in [0.5, 0.6) is 0 Å². The van der Waals surface area contributed by atoms with Gasteiger partial charge in [0.15, 0.2) is 0 Å². The highest BCUT2D eigenvalue weighted by Crippen LogP contribution is 2.22. The van der Waals surface area contributed by atoms with Crippen molar-refractivity contribution in [3.63, 3.8) is 0 Å². The number of H-pyrrole nitrogens is 1. The predicted molar refractivity (Wildman–Crippen MR) is 59.3 cm³/mol. The second-order valence-corrected chi connectivity index (χ2v) is 4.62. The monoisotopic (exact) mass is 208 g/mol. The number of rotatable bonds is 3. The Hall–Kier alpha value is -0.900. The van der Waals surface area contributed by atoms with Crippen LogP contribution in [0.15, 0.2) is 6.33 Å². The molecule has 2 N–H and O–H groups in total. The average molecular weight is 208 g/mol. The maximum atomic E-state index is 4.11. The van der Waals surface area contributed by atoms with Gasteiger partial charge in [-0.1, -0.05) is 19.8 Å². The molecule has 15 heavy (non-hydrogen) atoms. The van der Waals surface area contributed by atoms with Crippen molar-refractivity contribution in [2.24, 2.45) is 5.92 Å². The summed E-state index contributed by atoms with van der Waals surface area (Å²) >= 11 is 0. The first kappa shape index (κ1) is 10.6. The number of aromatic amines is 1. The van der Waals surface area contributed by atoms with Crippen molar-refractivity contribution in [1.29, 1.82) is 0 Å². The van der Waals surface area contributed by atoms with Gasteiger partial charge in [-0.3, -0.25) is 5.10 Å². The Morgan fingerprint density at radius 2 is 2.33 bits per heavy atom. The van der Waals surface area contributed by atoms with Gasteiger partial charge in [0, 0.05) is 6.04 Å². The summed E-state index contributed by atoms with van der Waals surface area (Å²) < 4.78 is 0. The highest BCUT2D eigenvalue weighted by molar-refractivity contribution is 4.81. The van der Waals surface area contributed by atoms with Gasteiger partial charge in [-0.05, 0) is 25.2 Å². The minimum atomic E-state index is 0.667. The summed E-state index contributed by atoms with van der Waals surface area (Å²) in [5.41, 5.74) is 0. The lowest BCUT2D eigenvalue weighted by Crippen LogP contribution is -2.28. The molecular formula is C11H20N4. The van der Waals surface area contributed by atoms with Gasteiger partial charge in [-0.2, -0.15) is 5.10 Å². The first-order valence-electron chi connectivity index (χ1n) is 5.92. The maximum Gasteiger partial charge on any atom is 0.138 e. The van der Waals surface area contributed by atoms with Crippen LogP contribution in [-0.4, -0.2) is 21.2 Å². The van der Waals surface area contributed by atoms with Crippen LogP contribution in [0.3, 0.4) is 0 Å². The molecule has 84 valence electrons. The van der Waals surface area contributed by atoms with E-state index in [-0.39, 0.29) is 0 Å². The molecule has 0 aliphatic heterocycles. The van der Waals surface area contributed by atoms with Gasteiger partial charge in [0.05, 0.1) is 6.54 Å². The van der Waals surface area contributed by atoms with Crippen LogP contribution in [0.1, 0.15) is 44.9 Å². The molecule has 1 fully saturated rings. The largest absolute Gasteiger partial charge is 0.307 e. The molecule has 1 heterocycles. The Bertz CT molecular complexity index is 270. The minimum Gasteiger partial charge on any atom is -0.307 e. The summed E-state index contributed by atoms with van der Waals surface area (Å²) in [6.45, 7) is 3.18. The van der Waals surface area contributed by atoms with Crippen LogP contribution < -0.4 is 5.32 Å². The second kappa shape index (κ2) is 5.26. The van der Waals surface area contributed by atoms with E-state index in [9.17, 15) is 0 Å². The maximum absolute atomic E-state index is 4.11. The Morgan fingerprint density at radius 1 is 1.40 bits per heavy atom. The molecule has 2 atom stereocenters. The predicted octanol–water partition coefficient (Wildman–Crippen LogP) is 1.86. The first-order valence-corrected chi connectivity index (χ1v) is 5.92. The van der Waals surface area contributed by atoms with E-state index in [2.05, 4.69) is 27.4 Å². The van der Waals surface area contributed by atoms with Crippen molar-refractivity contribution in [2.75, 3.05) is 0 Å². The van der Waals surface area contributed by atoms with E-state index in [1.54, 1.807) is 6.33 Å². The molecule has 2 unspecified atom stereocenters. The minimum absolute atomic E-state index is 0.667. The van der Waals surface area contributed by atoms with Crippen LogP contribution in [0.25, 0.3) is 0 Å². The highest BCUT2D eigenvalue weighted by atomic mass is 15.2. The van der Waals surface area contributed by atoms with Gasteiger partial charge in [0.1, 0.15) is 12.2 Å². The van der Waals surface area contributed by atoms with Crippen molar-refractivity contribution >= 4 is 0 Å². The SMILES string of the molecule is CC1CCCC(NCc2ncn[nH]2)CC1. The third kappa shape index (κ3) is 3.30. The standard InChI is InChI=1S/C11H20N4/c1-9-3-2-4-10(6-5-9)12-7-11-13-8-14-15-11/h8-10,12H,2-7H2,1H3,(H,13,14,15). The smallest absolute Gasteiger partial charge is 0.138 e. The Labute approximate surface area is 90.9 Å². The molecule has 0 bridgehead atoms. The average Bonchev–Trinajstić information content (AvgIpc) is 2.66. The van der Waals surface area contributed by atoms with E-state index >= 15 is 0 Å². The lowest BCUT2D eigenvalue weighted by molar-refractivity contribution is 0.442. The fourth-order valence-corrected chi connectivity index (χ4v) is 2.25. The molecule has 0 aromatic carbocycles. The highest BCUT2D eigenvalue weighted by Gasteiger charge is 2.15. The van der Waals surface area contributed by atoms with E-state index in [4.69, 9.17) is 0 Å². The van der Waals surface area contributed by atoms with Crippen molar-refractivity contribution in [3.05, 3.63) is 12.2 Å². The lowest BCUT2D eigenvalue weighted by atomic mass is 10.0. The molecule has 0 radical (unpaired) electrons. The van der Waals surface area contributed by atoms with Crippen molar-refractivity contribution in [2.45, 2.75) is 51.6 Å². The van der Waals surface area contributed by atoms with Gasteiger partial charge < -0.3 is 5.32 Å². The second-order valence-electron chi connectivity index (χ2n) is 4.62. The van der Waals surface area contributed by atoms with Crippen LogP contribution in [0, 0.1) is 5.92 Å². The van der Waals surface area contributed by atoms with Gasteiger partial charge >= 0.3 is 0 Å². The van der Waals surface area contributed by atoms with Gasteiger partial charge in [0.2, 0.25) is 0 Å². The van der Waals surface area contributed by atoms with Crippen LogP contribution >= 0.6 is 0 Å². The topological polar surface area (TPSA) is 53.6 Å². The molecule has 0 saturated heterocycles. The zero-order valence-electron chi connectivity index (χ0n) is 9.37. The van der Waals surface area contributed by atoms with Gasteiger partial charge in [-0.25, -0.2) is 4.98 Å². The van der Waals surface area contributed by atoms with Crippen molar-refractivity contribution < 1.29 is 0 Å². The summed E-state index contributed by atoms with van der Waals surface area (Å²) in [5.74, 6) is 1.84. The van der Waals surface area contributed by atoms with Gasteiger partial charge in [0.25, 0.3) is 0 Å². The van der Waals surface area contributed by atoms with Crippen LogP contribution in [0.4, 0.5) is 0 Å². The van der Waals surface area contributed by atoms with Crippen molar-refractivity contribution in [3.8, 4) is 0 Å². The van der Waals surface area contributed by atoms with E-state index < -0.39 is 0 Å². The molecule has 4 nitrogen and oxygen atoms in total. The molecule has 1 aliphatic rings. The number of nitrogens with zero attached hydrogens (tertiary/aromatic N) is 2. The molecule has 1 aromatic heterocycles. The molecule has 1 aromatic rings. The normalized spacial score (nSPS) is 27.5. The first-order chi connectivity index (χ1) is 7.34. The number of hydrogen-bond donors (Lipinski definition) is 2. The molecular weight excluding hydrogens is 188 g/mol. The van der Waals surface area contributed by atoms with Crippen LogP contribution in [-0.2, 0) is 6.54 Å². The molecule has 1 saturated carbocycles. The summed E-state index contributed by atoms with van der Waals surface area (Å²) in [6.07, 6.45) is 8.27. The molecule has 4 heteroatoms. The number of aromatic nitrogens is 3. The van der Waals surface area contributed by atoms with Gasteiger partial charge in [-0.15, -0.1) is 0 Å². The Morgan fingerprint density at radius 3 is 3.13 bits per heavy atom. The molecule has 1 aliphatic carbocycles. The summed E-state index contributed by atoms with van der Waals surface area (Å²) in [4.78, 5) is 4.11. The summed E-state index contributed by atoms with van der Waals surface area (Å²) in [6, 6.07) is 0.667. The molecule has 2 rings (SSSR count).